The highest BCUT2D eigenvalue weighted by Crippen LogP contribution is 2.54. The minimum absolute atomic E-state index is 0.130. The normalized spacial score (nSPS) is 16.9. The van der Waals surface area contributed by atoms with E-state index in [1.165, 1.54) is 10.4 Å². The van der Waals surface area contributed by atoms with Gasteiger partial charge in [0.05, 0.1) is 23.2 Å². The van der Waals surface area contributed by atoms with Crippen LogP contribution in [0, 0.1) is 0 Å². The number of aryl methyl sites for hydroxylation is 1. The maximum Gasteiger partial charge on any atom is 0.256 e. The summed E-state index contributed by atoms with van der Waals surface area (Å²) in [6.07, 6.45) is 1.90. The van der Waals surface area contributed by atoms with Crippen LogP contribution in [0.15, 0.2) is 64.8 Å². The molecule has 0 saturated heterocycles. The molecule has 1 saturated carbocycles. The number of hydrogen-bond acceptors (Lipinski definition) is 5. The molecule has 6 nitrogen and oxygen atoms in total. The van der Waals surface area contributed by atoms with Crippen LogP contribution in [0.4, 0.5) is 0 Å². The third-order valence-electron chi connectivity index (χ3n) is 8.16. The number of halogens is 1. The number of nitrogens with one attached hydrogen (secondary N) is 1. The van der Waals surface area contributed by atoms with E-state index in [9.17, 15) is 14.7 Å². The number of nitrogens with zero attached hydrogens (tertiary/aromatic N) is 2. The van der Waals surface area contributed by atoms with Crippen LogP contribution in [0.3, 0.4) is 0 Å². The predicted molar refractivity (Wildman–Crippen MR) is 159 cm³/mol. The molecule has 0 spiro atoms. The Morgan fingerprint density at radius 1 is 1.10 bits per heavy atom. The lowest BCUT2D eigenvalue weighted by Crippen LogP contribution is -2.36. The van der Waals surface area contributed by atoms with Gasteiger partial charge in [0, 0.05) is 16.4 Å². The summed E-state index contributed by atoms with van der Waals surface area (Å²) in [6, 6.07) is 17.0. The van der Waals surface area contributed by atoms with Crippen LogP contribution in [0.1, 0.15) is 78.2 Å². The molecule has 1 fully saturated rings. The van der Waals surface area contributed by atoms with Crippen LogP contribution in [-0.2, 0) is 23.2 Å². The van der Waals surface area contributed by atoms with Gasteiger partial charge in [0.25, 0.3) is 11.5 Å². The Balaban J connectivity index is 1.24. The molecule has 0 radical (unpaired) electrons. The lowest BCUT2D eigenvalue weighted by atomic mass is 9.99. The van der Waals surface area contributed by atoms with Crippen LogP contribution in [-0.4, -0.2) is 32.4 Å². The topological polar surface area (TPSA) is 86.3 Å². The van der Waals surface area contributed by atoms with Gasteiger partial charge in [-0.15, -0.1) is 11.3 Å². The van der Waals surface area contributed by atoms with Gasteiger partial charge in [-0.1, -0.05) is 55.8 Å². The number of rotatable bonds is 6. The van der Waals surface area contributed by atoms with Gasteiger partial charge in [-0.25, -0.2) is 4.98 Å². The molecule has 1 aliphatic heterocycles. The average Bonchev–Trinajstić information content (AvgIpc) is 3.66. The Bertz CT molecular complexity index is 1640. The molecule has 2 aliphatic rings. The van der Waals surface area contributed by atoms with E-state index in [4.69, 9.17) is 16.6 Å². The summed E-state index contributed by atoms with van der Waals surface area (Å²) in [4.78, 5) is 37.8. The smallest absolute Gasteiger partial charge is 0.256 e. The van der Waals surface area contributed by atoms with Gasteiger partial charge in [-0.3, -0.25) is 9.59 Å². The number of aromatic amines is 1. The van der Waals surface area contributed by atoms with Crippen LogP contribution >= 0.6 is 22.9 Å². The van der Waals surface area contributed by atoms with Gasteiger partial charge in [0.1, 0.15) is 5.82 Å². The SMILES string of the molecule is CC(C)c1csc(C2(c3nc4c(c(=O)[nH]3)CN(C(=O)[C@H](O)c3cccc(-c5cccc(Cl)c5)c3)CCC4)CC2)c1. The van der Waals surface area contributed by atoms with E-state index in [2.05, 4.69) is 30.3 Å². The zero-order valence-electron chi connectivity index (χ0n) is 22.6. The summed E-state index contributed by atoms with van der Waals surface area (Å²) in [5.41, 5.74) is 4.46. The Morgan fingerprint density at radius 3 is 2.55 bits per heavy atom. The molecule has 40 heavy (non-hydrogen) atoms. The first-order valence-corrected chi connectivity index (χ1v) is 15.0. The van der Waals surface area contributed by atoms with E-state index in [-0.39, 0.29) is 17.5 Å². The third-order valence-corrected chi connectivity index (χ3v) is 9.55. The number of thiophene rings is 1. The molecule has 1 aliphatic carbocycles. The van der Waals surface area contributed by atoms with E-state index < -0.39 is 12.0 Å². The fourth-order valence-corrected chi connectivity index (χ4v) is 7.06. The molecule has 1 amide bonds. The summed E-state index contributed by atoms with van der Waals surface area (Å²) in [5.74, 6) is 0.780. The molecule has 6 rings (SSSR count). The lowest BCUT2D eigenvalue weighted by molar-refractivity contribution is -0.141. The highest BCUT2D eigenvalue weighted by atomic mass is 35.5. The van der Waals surface area contributed by atoms with Crippen molar-refractivity contribution in [2.45, 2.75) is 63.5 Å². The van der Waals surface area contributed by atoms with E-state index in [1.807, 2.05) is 36.4 Å². The third kappa shape index (κ3) is 5.02. The van der Waals surface area contributed by atoms with Crippen molar-refractivity contribution in [3.05, 3.63) is 108 Å². The molecule has 0 unspecified atom stereocenters. The number of carbonyl (C=O) groups excluding carboxylic acids is 1. The minimum Gasteiger partial charge on any atom is -0.378 e. The highest BCUT2D eigenvalue weighted by molar-refractivity contribution is 7.10. The predicted octanol–water partition coefficient (Wildman–Crippen LogP) is 6.36. The van der Waals surface area contributed by atoms with Crippen molar-refractivity contribution >= 4 is 28.8 Å². The van der Waals surface area contributed by atoms with Crippen LogP contribution < -0.4 is 5.56 Å². The lowest BCUT2D eigenvalue weighted by Gasteiger charge is -2.24. The maximum absolute atomic E-state index is 13.5. The summed E-state index contributed by atoms with van der Waals surface area (Å²) >= 11 is 7.90. The van der Waals surface area contributed by atoms with Crippen molar-refractivity contribution in [2.75, 3.05) is 6.54 Å². The maximum atomic E-state index is 13.5. The molecule has 2 aromatic heterocycles. The Labute approximate surface area is 242 Å². The second kappa shape index (κ2) is 10.6. The largest absolute Gasteiger partial charge is 0.378 e. The Kier molecular flexibility index (Phi) is 7.15. The van der Waals surface area contributed by atoms with Gasteiger partial charge in [-0.05, 0) is 83.5 Å². The summed E-state index contributed by atoms with van der Waals surface area (Å²) < 4.78 is 0. The molecule has 8 heteroatoms. The number of aromatic nitrogens is 2. The van der Waals surface area contributed by atoms with E-state index in [0.717, 1.165) is 35.5 Å². The first-order valence-electron chi connectivity index (χ1n) is 13.8. The Morgan fingerprint density at radius 2 is 1.85 bits per heavy atom. The molecule has 2 N–H and O–H groups in total. The van der Waals surface area contributed by atoms with E-state index in [1.54, 1.807) is 28.4 Å². The zero-order chi connectivity index (χ0) is 28.0. The van der Waals surface area contributed by atoms with Crippen molar-refractivity contribution in [2.24, 2.45) is 0 Å². The number of amides is 1. The second-order valence-electron chi connectivity index (χ2n) is 11.2. The van der Waals surface area contributed by atoms with E-state index >= 15 is 0 Å². The van der Waals surface area contributed by atoms with Gasteiger partial charge in [-0.2, -0.15) is 0 Å². The number of carbonyl (C=O) groups is 1. The molecule has 4 aromatic rings. The molecule has 0 bridgehead atoms. The molecule has 3 heterocycles. The van der Waals surface area contributed by atoms with Gasteiger partial charge in [0.15, 0.2) is 6.10 Å². The van der Waals surface area contributed by atoms with Gasteiger partial charge < -0.3 is 15.0 Å². The fourth-order valence-electron chi connectivity index (χ4n) is 5.54. The highest BCUT2D eigenvalue weighted by Gasteiger charge is 2.50. The first kappa shape index (κ1) is 26.9. The van der Waals surface area contributed by atoms with Gasteiger partial charge >= 0.3 is 0 Å². The van der Waals surface area contributed by atoms with Gasteiger partial charge in [0.2, 0.25) is 0 Å². The van der Waals surface area contributed by atoms with Crippen molar-refractivity contribution in [3.63, 3.8) is 0 Å². The zero-order valence-corrected chi connectivity index (χ0v) is 24.2. The molecule has 206 valence electrons. The van der Waals surface area contributed by atoms with Crippen molar-refractivity contribution in [3.8, 4) is 11.1 Å². The molecular weight excluding hydrogens is 542 g/mol. The van der Waals surface area contributed by atoms with Crippen molar-refractivity contribution < 1.29 is 9.90 Å². The molecule has 2 aromatic carbocycles. The number of benzene rings is 2. The quantitative estimate of drug-likeness (QED) is 0.281. The summed E-state index contributed by atoms with van der Waals surface area (Å²) in [5, 5.41) is 13.9. The second-order valence-corrected chi connectivity index (χ2v) is 12.6. The van der Waals surface area contributed by atoms with Crippen LogP contribution in [0.2, 0.25) is 5.02 Å². The van der Waals surface area contributed by atoms with Crippen LogP contribution in [0.5, 0.6) is 0 Å². The molecule has 1 atom stereocenters. The summed E-state index contributed by atoms with van der Waals surface area (Å²) in [7, 11) is 0. The fraction of sp³-hybridized carbons (Fsp3) is 0.344. The van der Waals surface area contributed by atoms with Crippen molar-refractivity contribution in [1.82, 2.24) is 14.9 Å². The van der Waals surface area contributed by atoms with Crippen LogP contribution in [0.25, 0.3) is 11.1 Å². The average molecular weight is 574 g/mol. The monoisotopic (exact) mass is 573 g/mol. The Hall–Kier alpha value is -3.26. The number of aliphatic hydroxyl groups is 1. The molecular formula is C32H32ClN3O3S. The standard InChI is InChI=1S/C32H32ClN3O3S/c1-19(2)23-16-27(40-18-23)32(11-12-32)31-34-26-10-5-13-36(17-25(26)29(38)35-31)30(39)28(37)22-8-3-6-20(14-22)21-7-4-9-24(33)15-21/h3-4,6-9,14-16,18-19,28,37H,5,10-13,17H2,1-2H3,(H,34,35,38)/t28-/m1/s1. The first-order chi connectivity index (χ1) is 19.2. The minimum atomic E-state index is -1.34. The number of fused-ring (bicyclic) bond motifs is 1. The number of aliphatic hydroxyl groups excluding tert-OH is 1. The summed E-state index contributed by atoms with van der Waals surface area (Å²) in [6.45, 7) is 4.95. The number of hydrogen-bond donors (Lipinski definition) is 2. The number of H-pyrrole nitrogens is 1. The van der Waals surface area contributed by atoms with E-state index in [0.29, 0.717) is 41.5 Å². The van der Waals surface area contributed by atoms with Crippen molar-refractivity contribution in [1.29, 1.82) is 0 Å².